The summed E-state index contributed by atoms with van der Waals surface area (Å²) in [5.41, 5.74) is 2.83. The SMILES string of the molecule is CCCCCCCc1ccc(C2CCC(C3CCC(CCCCCCC)CC3)CC2)nc1. The van der Waals surface area contributed by atoms with Crippen molar-refractivity contribution in [3.05, 3.63) is 29.6 Å². The minimum absolute atomic E-state index is 0.726. The van der Waals surface area contributed by atoms with Gasteiger partial charge in [-0.3, -0.25) is 4.98 Å². The molecule has 2 aliphatic carbocycles. The fourth-order valence-corrected chi connectivity index (χ4v) is 6.63. The summed E-state index contributed by atoms with van der Waals surface area (Å²) in [6.45, 7) is 4.61. The Labute approximate surface area is 200 Å². The molecule has 32 heavy (non-hydrogen) atoms. The van der Waals surface area contributed by atoms with Gasteiger partial charge in [0.05, 0.1) is 0 Å². The molecule has 1 aromatic heterocycles. The van der Waals surface area contributed by atoms with Crippen LogP contribution in [0, 0.1) is 17.8 Å². The average molecular weight is 440 g/mol. The molecule has 2 aliphatic rings. The highest BCUT2D eigenvalue weighted by Crippen LogP contribution is 2.44. The van der Waals surface area contributed by atoms with Gasteiger partial charge in [-0.05, 0) is 80.8 Å². The molecule has 0 bridgehead atoms. The highest BCUT2D eigenvalue weighted by Gasteiger charge is 2.31. The first-order valence-electron chi connectivity index (χ1n) is 14.7. The van der Waals surface area contributed by atoms with Gasteiger partial charge in [0.25, 0.3) is 0 Å². The lowest BCUT2D eigenvalue weighted by atomic mass is 9.68. The van der Waals surface area contributed by atoms with Crippen molar-refractivity contribution in [1.82, 2.24) is 4.98 Å². The number of nitrogens with zero attached hydrogens (tertiary/aromatic N) is 1. The molecular weight excluding hydrogens is 386 g/mol. The zero-order valence-electron chi connectivity index (χ0n) is 21.6. The minimum Gasteiger partial charge on any atom is -0.261 e. The van der Waals surface area contributed by atoms with Crippen molar-refractivity contribution in [2.24, 2.45) is 17.8 Å². The van der Waals surface area contributed by atoms with Gasteiger partial charge >= 0.3 is 0 Å². The first-order valence-corrected chi connectivity index (χ1v) is 14.7. The number of aryl methyl sites for hydroxylation is 1. The summed E-state index contributed by atoms with van der Waals surface area (Å²) < 4.78 is 0. The van der Waals surface area contributed by atoms with Gasteiger partial charge in [-0.25, -0.2) is 0 Å². The van der Waals surface area contributed by atoms with Crippen LogP contribution in [-0.2, 0) is 6.42 Å². The molecule has 0 spiro atoms. The molecule has 0 aromatic carbocycles. The average Bonchev–Trinajstić information content (AvgIpc) is 2.85. The van der Waals surface area contributed by atoms with Crippen LogP contribution in [0.3, 0.4) is 0 Å². The zero-order chi connectivity index (χ0) is 22.4. The smallest absolute Gasteiger partial charge is 0.0434 e. The fraction of sp³-hybridized carbons (Fsp3) is 0.839. The molecule has 0 saturated heterocycles. The van der Waals surface area contributed by atoms with Crippen LogP contribution in [0.4, 0.5) is 0 Å². The van der Waals surface area contributed by atoms with Crippen molar-refractivity contribution in [2.45, 2.75) is 148 Å². The van der Waals surface area contributed by atoms with Gasteiger partial charge in [-0.1, -0.05) is 97.0 Å². The van der Waals surface area contributed by atoms with E-state index in [2.05, 4.69) is 32.2 Å². The molecule has 0 amide bonds. The number of aromatic nitrogens is 1. The number of unbranched alkanes of at least 4 members (excludes halogenated alkanes) is 8. The lowest BCUT2D eigenvalue weighted by molar-refractivity contribution is 0.155. The van der Waals surface area contributed by atoms with Gasteiger partial charge in [0.15, 0.2) is 0 Å². The van der Waals surface area contributed by atoms with E-state index in [0.717, 1.165) is 23.7 Å². The fourth-order valence-electron chi connectivity index (χ4n) is 6.63. The molecule has 0 atom stereocenters. The third-order valence-corrected chi connectivity index (χ3v) is 8.88. The topological polar surface area (TPSA) is 12.9 Å². The van der Waals surface area contributed by atoms with Crippen LogP contribution in [-0.4, -0.2) is 4.98 Å². The molecule has 0 N–H and O–H groups in total. The third-order valence-electron chi connectivity index (χ3n) is 8.88. The summed E-state index contributed by atoms with van der Waals surface area (Å²) in [6.07, 6.45) is 30.8. The molecular formula is C31H53N. The number of rotatable bonds is 14. The van der Waals surface area contributed by atoms with E-state index in [1.54, 1.807) is 0 Å². The highest BCUT2D eigenvalue weighted by atomic mass is 14.7. The van der Waals surface area contributed by atoms with Crippen molar-refractivity contribution in [3.63, 3.8) is 0 Å². The largest absolute Gasteiger partial charge is 0.261 e. The summed E-state index contributed by atoms with van der Waals surface area (Å²) in [4.78, 5) is 4.91. The van der Waals surface area contributed by atoms with Crippen molar-refractivity contribution >= 4 is 0 Å². The van der Waals surface area contributed by atoms with E-state index in [4.69, 9.17) is 4.98 Å². The predicted molar refractivity (Wildman–Crippen MR) is 140 cm³/mol. The highest BCUT2D eigenvalue weighted by molar-refractivity contribution is 5.17. The maximum Gasteiger partial charge on any atom is 0.0434 e. The molecule has 0 radical (unpaired) electrons. The maximum absolute atomic E-state index is 4.91. The summed E-state index contributed by atoms with van der Waals surface area (Å²) in [7, 11) is 0. The van der Waals surface area contributed by atoms with Crippen molar-refractivity contribution in [3.8, 4) is 0 Å². The Morgan fingerprint density at radius 2 is 1.25 bits per heavy atom. The predicted octanol–water partition coefficient (Wildman–Crippen LogP) is 10.0. The molecule has 2 fully saturated rings. The Hall–Kier alpha value is -0.850. The zero-order valence-corrected chi connectivity index (χ0v) is 21.6. The summed E-state index contributed by atoms with van der Waals surface area (Å²) >= 11 is 0. The number of pyridine rings is 1. The van der Waals surface area contributed by atoms with Crippen LogP contribution >= 0.6 is 0 Å². The Bertz CT molecular complexity index is 575. The second kappa shape index (κ2) is 15.1. The second-order valence-corrected chi connectivity index (χ2v) is 11.4. The van der Waals surface area contributed by atoms with Crippen LogP contribution in [0.25, 0.3) is 0 Å². The van der Waals surface area contributed by atoms with Crippen molar-refractivity contribution in [2.75, 3.05) is 0 Å². The quantitative estimate of drug-likeness (QED) is 0.263. The van der Waals surface area contributed by atoms with Crippen molar-refractivity contribution < 1.29 is 0 Å². The number of hydrogen-bond acceptors (Lipinski definition) is 1. The second-order valence-electron chi connectivity index (χ2n) is 11.4. The van der Waals surface area contributed by atoms with Crippen LogP contribution < -0.4 is 0 Å². The number of hydrogen-bond donors (Lipinski definition) is 0. The van der Waals surface area contributed by atoms with Crippen LogP contribution in [0.15, 0.2) is 18.3 Å². The molecule has 3 rings (SSSR count). The molecule has 1 heteroatoms. The Balaban J connectivity index is 1.30. The standard InChI is InChI=1S/C31H53N/c1-3-5-7-9-11-13-26-15-18-28(19-16-26)29-20-22-30(23-21-29)31-24-17-27(25-32-31)14-12-10-8-6-4-2/h17,24-26,28-30H,3-16,18-23H2,1-2H3. The molecule has 1 heterocycles. The molecule has 1 aromatic rings. The Kier molecular flexibility index (Phi) is 12.2. The summed E-state index contributed by atoms with van der Waals surface area (Å²) in [6, 6.07) is 4.73. The van der Waals surface area contributed by atoms with E-state index in [1.165, 1.54) is 140 Å². The summed E-state index contributed by atoms with van der Waals surface area (Å²) in [5.74, 6) is 3.83. The van der Waals surface area contributed by atoms with Crippen LogP contribution in [0.5, 0.6) is 0 Å². The van der Waals surface area contributed by atoms with E-state index in [9.17, 15) is 0 Å². The minimum atomic E-state index is 0.726. The van der Waals surface area contributed by atoms with Crippen LogP contribution in [0.1, 0.15) is 153 Å². The first kappa shape index (κ1) is 25.8. The molecule has 182 valence electrons. The first-order chi connectivity index (χ1) is 15.8. The van der Waals surface area contributed by atoms with Crippen LogP contribution in [0.2, 0.25) is 0 Å². The molecule has 0 unspecified atom stereocenters. The van der Waals surface area contributed by atoms with Gasteiger partial charge in [-0.15, -0.1) is 0 Å². The Morgan fingerprint density at radius 3 is 1.84 bits per heavy atom. The maximum atomic E-state index is 4.91. The monoisotopic (exact) mass is 439 g/mol. The normalized spacial score (nSPS) is 26.3. The molecule has 1 nitrogen and oxygen atoms in total. The summed E-state index contributed by atoms with van der Waals surface area (Å²) in [5, 5.41) is 0. The lowest BCUT2D eigenvalue weighted by Crippen LogP contribution is -2.25. The Morgan fingerprint density at radius 1 is 0.656 bits per heavy atom. The van der Waals surface area contributed by atoms with E-state index in [0.29, 0.717) is 0 Å². The van der Waals surface area contributed by atoms with E-state index in [-0.39, 0.29) is 0 Å². The van der Waals surface area contributed by atoms with Gasteiger partial charge < -0.3 is 0 Å². The third kappa shape index (κ3) is 8.83. The van der Waals surface area contributed by atoms with Gasteiger partial charge in [0.2, 0.25) is 0 Å². The van der Waals surface area contributed by atoms with Crippen molar-refractivity contribution in [1.29, 1.82) is 0 Å². The van der Waals surface area contributed by atoms with E-state index in [1.807, 2.05) is 0 Å². The van der Waals surface area contributed by atoms with E-state index >= 15 is 0 Å². The lowest BCUT2D eigenvalue weighted by Gasteiger charge is -2.38. The van der Waals surface area contributed by atoms with Gasteiger partial charge in [-0.2, -0.15) is 0 Å². The molecule has 2 saturated carbocycles. The van der Waals surface area contributed by atoms with Gasteiger partial charge in [0, 0.05) is 17.8 Å². The van der Waals surface area contributed by atoms with Gasteiger partial charge in [0.1, 0.15) is 0 Å². The molecule has 0 aliphatic heterocycles. The van der Waals surface area contributed by atoms with E-state index < -0.39 is 0 Å².